The summed E-state index contributed by atoms with van der Waals surface area (Å²) in [5.41, 5.74) is 6.84. The number of hydrogen-bond acceptors (Lipinski definition) is 5. The fourth-order valence-corrected chi connectivity index (χ4v) is 2.48. The summed E-state index contributed by atoms with van der Waals surface area (Å²) in [7, 11) is 1.35. The Morgan fingerprint density at radius 3 is 2.88 bits per heavy atom. The molecule has 1 saturated heterocycles. The van der Waals surface area contributed by atoms with E-state index in [9.17, 15) is 4.79 Å². The second kappa shape index (κ2) is 4.76. The first-order valence-corrected chi connectivity index (χ1v) is 5.81. The molecule has 0 amide bonds. The van der Waals surface area contributed by atoms with Crippen LogP contribution < -0.4 is 5.73 Å². The Kier molecular flexibility index (Phi) is 3.36. The smallest absolute Gasteiger partial charge is 0.339 e. The van der Waals surface area contributed by atoms with Crippen molar-refractivity contribution in [1.82, 2.24) is 0 Å². The molecule has 86 valence electrons. The molecule has 1 heterocycles. The van der Waals surface area contributed by atoms with Crippen LogP contribution in [0.3, 0.4) is 0 Å². The molecule has 0 atom stereocenters. The zero-order valence-electron chi connectivity index (χ0n) is 8.93. The van der Waals surface area contributed by atoms with Crippen LogP contribution in [0.2, 0.25) is 0 Å². The van der Waals surface area contributed by atoms with E-state index in [4.69, 9.17) is 10.5 Å². The minimum absolute atomic E-state index is 0.398. The monoisotopic (exact) mass is 239 g/mol. The molecule has 2 rings (SSSR count). The van der Waals surface area contributed by atoms with Crippen molar-refractivity contribution < 1.29 is 14.3 Å². The van der Waals surface area contributed by atoms with Crippen LogP contribution in [0.15, 0.2) is 23.1 Å². The number of rotatable bonds is 3. The van der Waals surface area contributed by atoms with Crippen LogP contribution in [0.4, 0.5) is 5.69 Å². The third-order valence-electron chi connectivity index (χ3n) is 2.37. The van der Waals surface area contributed by atoms with Gasteiger partial charge in [0.05, 0.1) is 36.8 Å². The highest BCUT2D eigenvalue weighted by molar-refractivity contribution is 8.00. The van der Waals surface area contributed by atoms with Gasteiger partial charge in [-0.05, 0) is 12.1 Å². The van der Waals surface area contributed by atoms with E-state index in [0.717, 1.165) is 18.1 Å². The molecule has 2 N–H and O–H groups in total. The summed E-state index contributed by atoms with van der Waals surface area (Å²) in [5, 5.41) is 0.440. The van der Waals surface area contributed by atoms with Crippen LogP contribution in [-0.2, 0) is 9.47 Å². The number of benzene rings is 1. The van der Waals surface area contributed by atoms with Crippen molar-refractivity contribution in [1.29, 1.82) is 0 Å². The summed E-state index contributed by atoms with van der Waals surface area (Å²) in [5.74, 6) is -0.398. The highest BCUT2D eigenvalue weighted by Gasteiger charge is 2.22. The third-order valence-corrected chi connectivity index (χ3v) is 3.59. The average molecular weight is 239 g/mol. The normalized spacial score (nSPS) is 15.6. The number of anilines is 1. The second-order valence-electron chi connectivity index (χ2n) is 3.49. The van der Waals surface area contributed by atoms with E-state index in [1.165, 1.54) is 7.11 Å². The molecule has 0 aromatic heterocycles. The van der Waals surface area contributed by atoms with E-state index in [-0.39, 0.29) is 0 Å². The summed E-state index contributed by atoms with van der Waals surface area (Å²) in [6.45, 7) is 1.49. The van der Waals surface area contributed by atoms with E-state index in [2.05, 4.69) is 4.74 Å². The maximum absolute atomic E-state index is 11.4. The third kappa shape index (κ3) is 2.15. The van der Waals surface area contributed by atoms with Crippen LogP contribution in [0.1, 0.15) is 10.4 Å². The van der Waals surface area contributed by atoms with Gasteiger partial charge in [-0.25, -0.2) is 4.79 Å². The van der Waals surface area contributed by atoms with Crippen molar-refractivity contribution in [2.45, 2.75) is 10.1 Å². The lowest BCUT2D eigenvalue weighted by molar-refractivity contribution is 0.0455. The number of nitrogen functional groups attached to an aromatic ring is 1. The Morgan fingerprint density at radius 1 is 1.56 bits per heavy atom. The number of carbonyl (C=O) groups excluding carboxylic acids is 1. The lowest BCUT2D eigenvalue weighted by Gasteiger charge is -2.25. The van der Waals surface area contributed by atoms with Gasteiger partial charge in [0.1, 0.15) is 0 Å². The van der Waals surface area contributed by atoms with Gasteiger partial charge >= 0.3 is 5.97 Å². The summed E-state index contributed by atoms with van der Waals surface area (Å²) in [6.07, 6.45) is 0. The molecule has 1 fully saturated rings. The Labute approximate surface area is 98.1 Å². The van der Waals surface area contributed by atoms with Crippen molar-refractivity contribution in [3.05, 3.63) is 23.8 Å². The van der Waals surface area contributed by atoms with Crippen LogP contribution in [-0.4, -0.2) is 31.5 Å². The zero-order chi connectivity index (χ0) is 11.5. The van der Waals surface area contributed by atoms with Crippen molar-refractivity contribution in [3.63, 3.8) is 0 Å². The molecule has 0 radical (unpaired) electrons. The van der Waals surface area contributed by atoms with E-state index in [1.807, 2.05) is 12.1 Å². The highest BCUT2D eigenvalue weighted by atomic mass is 32.2. The number of hydrogen-bond donors (Lipinski definition) is 1. The molecule has 1 aromatic carbocycles. The topological polar surface area (TPSA) is 61.5 Å². The van der Waals surface area contributed by atoms with Gasteiger partial charge in [-0.15, -0.1) is 11.8 Å². The quantitative estimate of drug-likeness (QED) is 0.640. The van der Waals surface area contributed by atoms with E-state index < -0.39 is 5.97 Å². The predicted molar refractivity (Wildman–Crippen MR) is 62.7 cm³/mol. The molecule has 5 heteroatoms. The fourth-order valence-electron chi connectivity index (χ4n) is 1.40. The molecule has 1 aliphatic heterocycles. The number of para-hydroxylation sites is 1. The minimum Gasteiger partial charge on any atom is -0.465 e. The second-order valence-corrected chi connectivity index (χ2v) is 4.83. The molecule has 0 aliphatic carbocycles. The van der Waals surface area contributed by atoms with Gasteiger partial charge in [-0.2, -0.15) is 0 Å². The SMILES string of the molecule is COC(=O)c1cccc(SC2COC2)c1N. The number of thioether (sulfide) groups is 1. The van der Waals surface area contributed by atoms with Crippen LogP contribution in [0.5, 0.6) is 0 Å². The van der Waals surface area contributed by atoms with E-state index >= 15 is 0 Å². The van der Waals surface area contributed by atoms with Crippen molar-refractivity contribution >= 4 is 23.4 Å². The van der Waals surface area contributed by atoms with Crippen LogP contribution >= 0.6 is 11.8 Å². The molecule has 0 saturated carbocycles. The minimum atomic E-state index is -0.398. The number of methoxy groups -OCH3 is 1. The molecule has 1 aliphatic rings. The maximum Gasteiger partial charge on any atom is 0.339 e. The number of carbonyl (C=O) groups is 1. The first-order valence-electron chi connectivity index (χ1n) is 4.93. The largest absolute Gasteiger partial charge is 0.465 e. The average Bonchev–Trinajstić information content (AvgIpc) is 2.24. The molecule has 1 aromatic rings. The number of nitrogens with two attached hydrogens (primary N) is 1. The fraction of sp³-hybridized carbons (Fsp3) is 0.364. The molecular weight excluding hydrogens is 226 g/mol. The van der Waals surface area contributed by atoms with Crippen molar-refractivity contribution in [3.8, 4) is 0 Å². The molecule has 0 unspecified atom stereocenters. The van der Waals surface area contributed by atoms with Gasteiger partial charge < -0.3 is 15.2 Å². The molecule has 0 spiro atoms. The van der Waals surface area contributed by atoms with Gasteiger partial charge in [-0.3, -0.25) is 0 Å². The summed E-state index contributed by atoms with van der Waals surface area (Å²) < 4.78 is 9.76. The molecular formula is C11H13NO3S. The van der Waals surface area contributed by atoms with Crippen LogP contribution in [0.25, 0.3) is 0 Å². The Balaban J connectivity index is 2.21. The maximum atomic E-state index is 11.4. The van der Waals surface area contributed by atoms with E-state index in [0.29, 0.717) is 16.5 Å². The summed E-state index contributed by atoms with van der Waals surface area (Å²) in [4.78, 5) is 12.3. The first-order chi connectivity index (χ1) is 7.72. The first kappa shape index (κ1) is 11.3. The predicted octanol–water partition coefficient (Wildman–Crippen LogP) is 1.55. The summed E-state index contributed by atoms with van der Waals surface area (Å²) >= 11 is 1.64. The molecule has 4 nitrogen and oxygen atoms in total. The van der Waals surface area contributed by atoms with Gasteiger partial charge in [0.25, 0.3) is 0 Å². The number of ether oxygens (including phenoxy) is 2. The van der Waals surface area contributed by atoms with Crippen molar-refractivity contribution in [2.24, 2.45) is 0 Å². The van der Waals surface area contributed by atoms with Gasteiger partial charge in [0.15, 0.2) is 0 Å². The Morgan fingerprint density at radius 2 is 2.31 bits per heavy atom. The lowest BCUT2D eigenvalue weighted by atomic mass is 10.2. The number of esters is 1. The zero-order valence-corrected chi connectivity index (χ0v) is 9.75. The van der Waals surface area contributed by atoms with Gasteiger partial charge in [-0.1, -0.05) is 6.07 Å². The highest BCUT2D eigenvalue weighted by Crippen LogP contribution is 2.33. The van der Waals surface area contributed by atoms with Gasteiger partial charge in [0, 0.05) is 4.90 Å². The van der Waals surface area contributed by atoms with Gasteiger partial charge in [0.2, 0.25) is 0 Å². The van der Waals surface area contributed by atoms with E-state index in [1.54, 1.807) is 17.8 Å². The Bertz CT molecular complexity index is 404. The van der Waals surface area contributed by atoms with Crippen LogP contribution in [0, 0.1) is 0 Å². The molecule has 16 heavy (non-hydrogen) atoms. The van der Waals surface area contributed by atoms with Crippen molar-refractivity contribution in [2.75, 3.05) is 26.1 Å². The summed E-state index contributed by atoms with van der Waals surface area (Å²) in [6, 6.07) is 5.39. The Hall–Kier alpha value is -1.20. The lowest BCUT2D eigenvalue weighted by Crippen LogP contribution is -2.30. The standard InChI is InChI=1S/C11H13NO3S/c1-14-11(13)8-3-2-4-9(10(8)12)16-7-5-15-6-7/h2-4,7H,5-6,12H2,1H3. The molecule has 0 bridgehead atoms.